The molecule has 1 aromatic heterocycles. The number of carbonyl (C=O) groups is 1. The second-order valence-corrected chi connectivity index (χ2v) is 6.33. The van der Waals surface area contributed by atoms with Crippen LogP contribution in [0.1, 0.15) is 12.2 Å². The number of halogens is 1. The Bertz CT molecular complexity index is 447. The average molecular weight is 344 g/mol. The van der Waals surface area contributed by atoms with Gasteiger partial charge in [0.1, 0.15) is 5.76 Å². The lowest BCUT2D eigenvalue weighted by molar-refractivity contribution is 0.205. The molecule has 5 nitrogen and oxygen atoms in total. The van der Waals surface area contributed by atoms with Crippen LogP contribution < -0.4 is 5.32 Å². The van der Waals surface area contributed by atoms with Gasteiger partial charge in [0.2, 0.25) is 0 Å². The Morgan fingerprint density at radius 1 is 1.55 bits per heavy atom. The molecule has 1 atom stereocenters. The van der Waals surface area contributed by atoms with Crippen LogP contribution in [0.3, 0.4) is 0 Å². The first kappa shape index (κ1) is 15.4. The molecule has 1 saturated heterocycles. The van der Waals surface area contributed by atoms with Crippen LogP contribution in [0.4, 0.5) is 4.79 Å². The van der Waals surface area contributed by atoms with Crippen molar-refractivity contribution < 1.29 is 9.21 Å². The van der Waals surface area contributed by atoms with E-state index in [1.54, 1.807) is 0 Å². The Balaban J connectivity index is 1.68. The summed E-state index contributed by atoms with van der Waals surface area (Å²) in [6, 6.07) is 3.82. The predicted molar refractivity (Wildman–Crippen MR) is 81.7 cm³/mol. The van der Waals surface area contributed by atoms with E-state index in [1.807, 2.05) is 17.0 Å². The topological polar surface area (TPSA) is 48.7 Å². The summed E-state index contributed by atoms with van der Waals surface area (Å²) in [5.41, 5.74) is 0. The predicted octanol–water partition coefficient (Wildman–Crippen LogP) is 2.18. The Morgan fingerprint density at radius 2 is 2.35 bits per heavy atom. The zero-order chi connectivity index (χ0) is 14.5. The van der Waals surface area contributed by atoms with Crippen LogP contribution >= 0.6 is 15.9 Å². The smallest absolute Gasteiger partial charge is 0.317 e. The summed E-state index contributed by atoms with van der Waals surface area (Å²) < 4.78 is 6.12. The molecule has 1 aliphatic rings. The molecular formula is C14H22BrN3O2. The van der Waals surface area contributed by atoms with Gasteiger partial charge in [0, 0.05) is 32.6 Å². The van der Waals surface area contributed by atoms with Gasteiger partial charge >= 0.3 is 6.03 Å². The van der Waals surface area contributed by atoms with Gasteiger partial charge in [-0.2, -0.15) is 0 Å². The number of likely N-dealkylation sites (tertiary alicyclic amines) is 1. The van der Waals surface area contributed by atoms with Crippen molar-refractivity contribution in [2.45, 2.75) is 12.8 Å². The molecule has 2 rings (SSSR count). The van der Waals surface area contributed by atoms with Crippen LogP contribution in [-0.2, 0) is 6.42 Å². The van der Waals surface area contributed by atoms with Crippen molar-refractivity contribution in [2.75, 3.05) is 40.3 Å². The minimum atomic E-state index is 0.0388. The lowest BCUT2D eigenvalue weighted by atomic mass is 10.1. The fourth-order valence-electron chi connectivity index (χ4n) is 2.57. The van der Waals surface area contributed by atoms with Crippen molar-refractivity contribution in [3.63, 3.8) is 0 Å². The molecule has 112 valence electrons. The second kappa shape index (κ2) is 7.13. The van der Waals surface area contributed by atoms with E-state index in [0.29, 0.717) is 18.9 Å². The molecule has 0 radical (unpaired) electrons. The van der Waals surface area contributed by atoms with Crippen LogP contribution in [0.5, 0.6) is 0 Å². The molecule has 0 saturated carbocycles. The minimum absolute atomic E-state index is 0.0388. The number of nitrogens with zero attached hydrogens (tertiary/aromatic N) is 2. The van der Waals surface area contributed by atoms with Gasteiger partial charge in [0.25, 0.3) is 0 Å². The number of urea groups is 1. The maximum Gasteiger partial charge on any atom is 0.317 e. The van der Waals surface area contributed by atoms with Crippen LogP contribution in [0.15, 0.2) is 21.2 Å². The molecule has 0 aromatic carbocycles. The first-order valence-electron chi connectivity index (χ1n) is 6.96. The van der Waals surface area contributed by atoms with Crippen molar-refractivity contribution in [1.29, 1.82) is 0 Å². The number of rotatable bonds is 5. The molecule has 20 heavy (non-hydrogen) atoms. The van der Waals surface area contributed by atoms with E-state index in [0.717, 1.165) is 36.5 Å². The molecular weight excluding hydrogens is 322 g/mol. The quantitative estimate of drug-likeness (QED) is 0.891. The summed E-state index contributed by atoms with van der Waals surface area (Å²) in [5.74, 6) is 1.47. The third kappa shape index (κ3) is 4.52. The van der Waals surface area contributed by atoms with Crippen molar-refractivity contribution >= 4 is 22.0 Å². The summed E-state index contributed by atoms with van der Waals surface area (Å²) in [5, 5.41) is 2.95. The number of hydrogen-bond donors (Lipinski definition) is 1. The zero-order valence-electron chi connectivity index (χ0n) is 12.1. The molecule has 1 aliphatic heterocycles. The molecule has 0 spiro atoms. The summed E-state index contributed by atoms with van der Waals surface area (Å²) in [7, 11) is 4.15. The Hall–Kier alpha value is -1.01. The van der Waals surface area contributed by atoms with Gasteiger partial charge in [-0.25, -0.2) is 4.79 Å². The Labute approximate surface area is 128 Å². The minimum Gasteiger partial charge on any atom is -0.454 e. The van der Waals surface area contributed by atoms with E-state index < -0.39 is 0 Å². The standard InChI is InChI=1S/C14H22BrN3O2/c1-17(2)9-11-6-8-18(10-11)14(19)16-7-5-12-3-4-13(15)20-12/h3-4,11H,5-10H2,1-2H3,(H,16,19)/t11-/m1/s1. The largest absolute Gasteiger partial charge is 0.454 e. The van der Waals surface area contributed by atoms with Crippen LogP contribution in [0.25, 0.3) is 0 Å². The van der Waals surface area contributed by atoms with Gasteiger partial charge in [0.15, 0.2) is 4.67 Å². The van der Waals surface area contributed by atoms with Crippen molar-refractivity contribution in [3.05, 3.63) is 22.6 Å². The average Bonchev–Trinajstić information content (AvgIpc) is 2.98. The second-order valence-electron chi connectivity index (χ2n) is 5.55. The lowest BCUT2D eigenvalue weighted by Gasteiger charge is -2.19. The van der Waals surface area contributed by atoms with E-state index in [4.69, 9.17) is 4.42 Å². The van der Waals surface area contributed by atoms with E-state index in [1.165, 1.54) is 0 Å². The fourth-order valence-corrected chi connectivity index (χ4v) is 2.91. The van der Waals surface area contributed by atoms with Crippen LogP contribution in [-0.4, -0.2) is 56.1 Å². The van der Waals surface area contributed by atoms with E-state index in [2.05, 4.69) is 40.2 Å². The normalized spacial score (nSPS) is 18.8. The first-order chi connectivity index (χ1) is 9.54. The Morgan fingerprint density at radius 3 is 3.00 bits per heavy atom. The van der Waals surface area contributed by atoms with Gasteiger partial charge in [-0.3, -0.25) is 0 Å². The molecule has 2 amide bonds. The zero-order valence-corrected chi connectivity index (χ0v) is 13.6. The number of nitrogens with one attached hydrogen (secondary N) is 1. The van der Waals surface area contributed by atoms with Gasteiger partial charge in [-0.15, -0.1) is 0 Å². The van der Waals surface area contributed by atoms with Crippen molar-refractivity contribution in [3.8, 4) is 0 Å². The van der Waals surface area contributed by atoms with Crippen LogP contribution in [0, 0.1) is 5.92 Å². The van der Waals surface area contributed by atoms with Gasteiger partial charge in [-0.1, -0.05) is 0 Å². The highest BCUT2D eigenvalue weighted by molar-refractivity contribution is 9.10. The number of hydrogen-bond acceptors (Lipinski definition) is 3. The third-order valence-corrected chi connectivity index (χ3v) is 3.90. The van der Waals surface area contributed by atoms with E-state index in [-0.39, 0.29) is 6.03 Å². The molecule has 0 bridgehead atoms. The van der Waals surface area contributed by atoms with Crippen molar-refractivity contribution in [1.82, 2.24) is 15.1 Å². The first-order valence-corrected chi connectivity index (χ1v) is 7.75. The molecule has 2 heterocycles. The number of amides is 2. The monoisotopic (exact) mass is 343 g/mol. The molecule has 0 aliphatic carbocycles. The number of furan rings is 1. The van der Waals surface area contributed by atoms with Crippen molar-refractivity contribution in [2.24, 2.45) is 5.92 Å². The third-order valence-electron chi connectivity index (χ3n) is 3.47. The maximum absolute atomic E-state index is 12.0. The summed E-state index contributed by atoms with van der Waals surface area (Å²) in [6.07, 6.45) is 1.81. The fraction of sp³-hybridized carbons (Fsp3) is 0.643. The molecule has 1 aromatic rings. The SMILES string of the molecule is CN(C)C[C@H]1CCN(C(=O)NCCc2ccc(Br)o2)C1. The van der Waals surface area contributed by atoms with Crippen LogP contribution in [0.2, 0.25) is 0 Å². The highest BCUT2D eigenvalue weighted by Gasteiger charge is 2.26. The Kier molecular flexibility index (Phi) is 5.48. The molecule has 0 unspecified atom stereocenters. The molecule has 1 N–H and O–H groups in total. The van der Waals surface area contributed by atoms with E-state index >= 15 is 0 Å². The number of carbonyl (C=O) groups excluding carboxylic acids is 1. The van der Waals surface area contributed by atoms with Gasteiger partial charge in [-0.05, 0) is 54.5 Å². The summed E-state index contributed by atoms with van der Waals surface area (Å²) in [6.45, 7) is 3.37. The van der Waals surface area contributed by atoms with E-state index in [9.17, 15) is 4.79 Å². The van der Waals surface area contributed by atoms with Gasteiger partial charge < -0.3 is 19.5 Å². The highest BCUT2D eigenvalue weighted by atomic mass is 79.9. The molecule has 1 fully saturated rings. The molecule has 6 heteroatoms. The summed E-state index contributed by atoms with van der Waals surface area (Å²) >= 11 is 3.27. The lowest BCUT2D eigenvalue weighted by Crippen LogP contribution is -2.39. The highest BCUT2D eigenvalue weighted by Crippen LogP contribution is 2.17. The maximum atomic E-state index is 12.0. The summed E-state index contributed by atoms with van der Waals surface area (Å²) in [4.78, 5) is 16.1. The van der Waals surface area contributed by atoms with Gasteiger partial charge in [0.05, 0.1) is 0 Å².